The maximum absolute atomic E-state index is 12.2. The van der Waals surface area contributed by atoms with E-state index in [0.29, 0.717) is 11.2 Å². The molecule has 0 fully saturated rings. The minimum atomic E-state index is -0.306. The molecule has 3 nitrogen and oxygen atoms in total. The number of aromatic amines is 1. The molecule has 19 heavy (non-hydrogen) atoms. The van der Waals surface area contributed by atoms with Gasteiger partial charge in [0.25, 0.3) is 5.56 Å². The smallest absolute Gasteiger partial charge is 0.260 e. The lowest BCUT2D eigenvalue weighted by molar-refractivity contribution is 0.917. The summed E-state index contributed by atoms with van der Waals surface area (Å²) >= 11 is 7.44. The van der Waals surface area contributed by atoms with Gasteiger partial charge in [-0.25, -0.2) is 4.98 Å². The molecule has 0 spiro atoms. The lowest BCUT2D eigenvalue weighted by Crippen LogP contribution is -2.11. The van der Waals surface area contributed by atoms with Crippen LogP contribution in [0.3, 0.4) is 0 Å². The van der Waals surface area contributed by atoms with Crippen LogP contribution in [-0.4, -0.2) is 9.97 Å². The molecule has 3 rings (SSSR count). The van der Waals surface area contributed by atoms with Crippen LogP contribution in [0.5, 0.6) is 0 Å². The van der Waals surface area contributed by atoms with Crippen LogP contribution in [0, 0.1) is 0 Å². The lowest BCUT2D eigenvalue weighted by Gasteiger charge is -2.03. The summed E-state index contributed by atoms with van der Waals surface area (Å²) in [5.74, 6) is 0.514. The van der Waals surface area contributed by atoms with Gasteiger partial charge in [0.1, 0.15) is 10.7 Å². The van der Waals surface area contributed by atoms with E-state index >= 15 is 0 Å². The van der Waals surface area contributed by atoms with Crippen molar-refractivity contribution in [1.29, 1.82) is 0 Å². The zero-order chi connectivity index (χ0) is 13.4. The molecule has 2 aromatic heterocycles. The zero-order valence-corrected chi connectivity index (χ0v) is 11.8. The predicted octanol–water partition coefficient (Wildman–Crippen LogP) is 3.95. The van der Waals surface area contributed by atoms with Gasteiger partial charge in [-0.3, -0.25) is 4.79 Å². The van der Waals surface area contributed by atoms with E-state index < -0.39 is 0 Å². The summed E-state index contributed by atoms with van der Waals surface area (Å²) in [6, 6.07) is 9.83. The predicted molar refractivity (Wildman–Crippen MR) is 79.9 cm³/mol. The molecule has 0 aliphatic rings. The monoisotopic (exact) mass is 290 g/mol. The quantitative estimate of drug-likeness (QED) is 0.726. The van der Waals surface area contributed by atoms with Crippen LogP contribution in [0.2, 0.25) is 0 Å². The fourth-order valence-corrected chi connectivity index (χ4v) is 3.04. The number of hydrogen-bond acceptors (Lipinski definition) is 3. The molecular formula is C14H11ClN2OS. The number of nitrogens with zero attached hydrogens (tertiary/aromatic N) is 1. The van der Waals surface area contributed by atoms with Gasteiger partial charge in [-0.2, -0.15) is 0 Å². The van der Waals surface area contributed by atoms with E-state index in [1.54, 1.807) is 6.92 Å². The van der Waals surface area contributed by atoms with Gasteiger partial charge in [-0.1, -0.05) is 30.3 Å². The van der Waals surface area contributed by atoms with Crippen molar-refractivity contribution >= 4 is 33.2 Å². The van der Waals surface area contributed by atoms with E-state index in [2.05, 4.69) is 9.97 Å². The Morgan fingerprint density at radius 2 is 2.05 bits per heavy atom. The van der Waals surface area contributed by atoms with Gasteiger partial charge >= 0.3 is 0 Å². The van der Waals surface area contributed by atoms with Gasteiger partial charge in [-0.15, -0.1) is 22.9 Å². The fourth-order valence-electron chi connectivity index (χ4n) is 1.98. The van der Waals surface area contributed by atoms with E-state index in [0.717, 1.165) is 16.0 Å². The van der Waals surface area contributed by atoms with Crippen LogP contribution in [0.25, 0.3) is 21.3 Å². The molecule has 0 bridgehead atoms. The zero-order valence-electron chi connectivity index (χ0n) is 10.2. The number of alkyl halides is 1. The second kappa shape index (κ2) is 4.79. The summed E-state index contributed by atoms with van der Waals surface area (Å²) in [6.07, 6.45) is 0. The molecule has 0 saturated carbocycles. The van der Waals surface area contributed by atoms with Crippen molar-refractivity contribution in [2.45, 2.75) is 12.3 Å². The number of halogens is 1. The number of aromatic nitrogens is 2. The Balaban J connectivity index is 2.28. The van der Waals surface area contributed by atoms with E-state index in [9.17, 15) is 4.79 Å². The van der Waals surface area contributed by atoms with Crippen LogP contribution in [0.1, 0.15) is 18.1 Å². The SMILES string of the molecule is C[C@H](Cl)c1nc2scc(-c3ccccc3)c2c(=O)[nH]1. The van der Waals surface area contributed by atoms with Crippen molar-refractivity contribution in [2.75, 3.05) is 0 Å². The topological polar surface area (TPSA) is 45.8 Å². The van der Waals surface area contributed by atoms with Gasteiger partial charge in [0.2, 0.25) is 0 Å². The van der Waals surface area contributed by atoms with E-state index in [-0.39, 0.29) is 10.9 Å². The van der Waals surface area contributed by atoms with Crippen LogP contribution in [0.15, 0.2) is 40.5 Å². The molecule has 1 atom stereocenters. The second-order valence-electron chi connectivity index (χ2n) is 4.26. The van der Waals surface area contributed by atoms with Crippen LogP contribution >= 0.6 is 22.9 Å². The average Bonchev–Trinajstić information content (AvgIpc) is 2.84. The highest BCUT2D eigenvalue weighted by Crippen LogP contribution is 2.31. The van der Waals surface area contributed by atoms with Crippen molar-refractivity contribution in [3.8, 4) is 11.1 Å². The van der Waals surface area contributed by atoms with Crippen LogP contribution < -0.4 is 5.56 Å². The number of nitrogens with one attached hydrogen (secondary N) is 1. The van der Waals surface area contributed by atoms with Gasteiger partial charge in [0.05, 0.1) is 10.8 Å². The molecule has 1 N–H and O–H groups in total. The van der Waals surface area contributed by atoms with Crippen molar-refractivity contribution in [2.24, 2.45) is 0 Å². The van der Waals surface area contributed by atoms with Crippen molar-refractivity contribution < 1.29 is 0 Å². The Morgan fingerprint density at radius 1 is 1.32 bits per heavy atom. The third kappa shape index (κ3) is 2.17. The molecule has 0 radical (unpaired) electrons. The lowest BCUT2D eigenvalue weighted by atomic mass is 10.1. The van der Waals surface area contributed by atoms with Crippen LogP contribution in [0.4, 0.5) is 0 Å². The minimum Gasteiger partial charge on any atom is -0.309 e. The van der Waals surface area contributed by atoms with E-state index in [4.69, 9.17) is 11.6 Å². The molecular weight excluding hydrogens is 280 g/mol. The van der Waals surface area contributed by atoms with Crippen LogP contribution in [-0.2, 0) is 0 Å². The van der Waals surface area contributed by atoms with Gasteiger partial charge in [0.15, 0.2) is 0 Å². The highest BCUT2D eigenvalue weighted by molar-refractivity contribution is 7.17. The minimum absolute atomic E-state index is 0.132. The number of H-pyrrole nitrogens is 1. The summed E-state index contributed by atoms with van der Waals surface area (Å²) in [4.78, 5) is 20.1. The maximum atomic E-state index is 12.2. The van der Waals surface area contributed by atoms with Crippen molar-refractivity contribution in [1.82, 2.24) is 9.97 Å². The first-order valence-corrected chi connectivity index (χ1v) is 7.19. The summed E-state index contributed by atoms with van der Waals surface area (Å²) in [5, 5.41) is 2.29. The molecule has 0 aliphatic carbocycles. The summed E-state index contributed by atoms with van der Waals surface area (Å²) in [5.41, 5.74) is 1.81. The van der Waals surface area contributed by atoms with Gasteiger partial charge in [-0.05, 0) is 12.5 Å². The standard InChI is InChI=1S/C14H11ClN2OS/c1-8(15)12-16-13(18)11-10(7-19-14(11)17-12)9-5-3-2-4-6-9/h2-8H,1H3,(H,16,17,18)/t8-/m0/s1. The molecule has 0 aliphatic heterocycles. The Bertz CT molecular complexity index is 777. The Kier molecular flexibility index (Phi) is 3.12. The molecule has 1 aromatic carbocycles. The maximum Gasteiger partial charge on any atom is 0.260 e. The third-order valence-electron chi connectivity index (χ3n) is 2.92. The average molecular weight is 291 g/mol. The summed E-state index contributed by atoms with van der Waals surface area (Å²) < 4.78 is 0. The Morgan fingerprint density at radius 3 is 2.74 bits per heavy atom. The highest BCUT2D eigenvalue weighted by Gasteiger charge is 2.14. The summed E-state index contributed by atoms with van der Waals surface area (Å²) in [6.45, 7) is 1.79. The number of hydrogen-bond donors (Lipinski definition) is 1. The number of rotatable bonds is 2. The highest BCUT2D eigenvalue weighted by atomic mass is 35.5. The van der Waals surface area contributed by atoms with Gasteiger partial charge in [0, 0.05) is 10.9 Å². The molecule has 0 saturated heterocycles. The normalized spacial score (nSPS) is 12.7. The Hall–Kier alpha value is -1.65. The van der Waals surface area contributed by atoms with Crippen molar-refractivity contribution in [3.63, 3.8) is 0 Å². The Labute approximate surface area is 118 Å². The number of fused-ring (bicyclic) bond motifs is 1. The molecule has 0 unspecified atom stereocenters. The molecule has 0 amide bonds. The number of benzene rings is 1. The molecule has 5 heteroatoms. The molecule has 2 heterocycles. The first kappa shape index (κ1) is 12.4. The fraction of sp³-hybridized carbons (Fsp3) is 0.143. The van der Waals surface area contributed by atoms with Crippen molar-refractivity contribution in [3.05, 3.63) is 51.9 Å². The summed E-state index contributed by atoms with van der Waals surface area (Å²) in [7, 11) is 0. The van der Waals surface area contributed by atoms with Gasteiger partial charge < -0.3 is 4.98 Å². The first-order chi connectivity index (χ1) is 9.16. The van der Waals surface area contributed by atoms with E-state index in [1.807, 2.05) is 35.7 Å². The van der Waals surface area contributed by atoms with E-state index in [1.165, 1.54) is 11.3 Å². The molecule has 3 aromatic rings. The third-order valence-corrected chi connectivity index (χ3v) is 4.00. The number of thiophene rings is 1. The first-order valence-electron chi connectivity index (χ1n) is 5.87. The second-order valence-corrected chi connectivity index (χ2v) is 5.78. The largest absolute Gasteiger partial charge is 0.309 e. The molecule has 96 valence electrons.